The van der Waals surface area contributed by atoms with Crippen molar-refractivity contribution in [3.8, 4) is 0 Å². The molecule has 0 aliphatic carbocycles. The highest BCUT2D eigenvalue weighted by Gasteiger charge is 2.47. The van der Waals surface area contributed by atoms with Crippen molar-refractivity contribution >= 4 is 17.8 Å². The van der Waals surface area contributed by atoms with E-state index in [4.69, 9.17) is 0 Å². The zero-order valence-electron chi connectivity index (χ0n) is 26.5. The minimum absolute atomic E-state index is 0.0430. The third-order valence-electron chi connectivity index (χ3n) is 9.44. The Bertz CT molecular complexity index is 1580. The predicted molar refractivity (Wildman–Crippen MR) is 175 cm³/mol. The van der Waals surface area contributed by atoms with Crippen molar-refractivity contribution in [3.05, 3.63) is 118 Å². The number of piperidine rings is 1. The number of urea groups is 1. The molecule has 3 aromatic rings. The quantitative estimate of drug-likeness (QED) is 0.364. The Kier molecular flexibility index (Phi) is 9.03. The number of amides is 4. The Balaban J connectivity index is 1.23. The number of hydrogen-bond acceptors (Lipinski definition) is 4. The molecule has 8 nitrogen and oxygen atoms in total. The van der Waals surface area contributed by atoms with Crippen molar-refractivity contribution in [2.45, 2.75) is 64.7 Å². The average Bonchev–Trinajstić information content (AvgIpc) is 3.38. The van der Waals surface area contributed by atoms with Gasteiger partial charge in [0.25, 0.3) is 5.91 Å². The van der Waals surface area contributed by atoms with Crippen LogP contribution in [-0.4, -0.2) is 70.8 Å². The summed E-state index contributed by atoms with van der Waals surface area (Å²) in [7, 11) is 0. The molecule has 234 valence electrons. The van der Waals surface area contributed by atoms with Gasteiger partial charge in [-0.1, -0.05) is 84.4 Å². The average molecular weight is 606 g/mol. The summed E-state index contributed by atoms with van der Waals surface area (Å²) in [6.07, 6.45) is 2.11. The number of hydrogen-bond donors (Lipinski definition) is 2. The van der Waals surface area contributed by atoms with Crippen molar-refractivity contribution in [3.63, 3.8) is 0 Å². The molecule has 8 heteroatoms. The molecular formula is C37H43N5O3. The van der Waals surface area contributed by atoms with E-state index >= 15 is 0 Å². The maximum Gasteiger partial charge on any atom is 0.322 e. The summed E-state index contributed by atoms with van der Waals surface area (Å²) in [5.74, 6) is -0.332. The first-order valence-corrected chi connectivity index (χ1v) is 16.1. The monoisotopic (exact) mass is 605 g/mol. The van der Waals surface area contributed by atoms with E-state index in [1.807, 2.05) is 69.3 Å². The summed E-state index contributed by atoms with van der Waals surface area (Å²) in [4.78, 5) is 47.6. The standard InChI is InChI=1S/C37H43N5O3/c1-4-41-32-24-42(36(44)33(32)34(39-37(41)45)30-16-15-25(2)21-26(30)3)31(22-27-11-7-5-8-12-27)35(43)38-29-17-19-40(20-18-29)23-28-13-9-6-10-14-28/h5-16,21,29,31,34H,4,17-20,22-24H2,1-3H3,(H,38,43)(H,39,45)/t31-,34+/m1/s1. The molecule has 0 spiro atoms. The molecule has 3 aliphatic heterocycles. The number of likely N-dealkylation sites (tertiary alicyclic amines) is 1. The van der Waals surface area contributed by atoms with E-state index in [0.717, 1.165) is 54.7 Å². The summed E-state index contributed by atoms with van der Waals surface area (Å²) >= 11 is 0. The zero-order valence-corrected chi connectivity index (χ0v) is 26.5. The lowest BCUT2D eigenvalue weighted by Crippen LogP contribution is -2.53. The second-order valence-corrected chi connectivity index (χ2v) is 12.5. The first-order valence-electron chi connectivity index (χ1n) is 16.1. The van der Waals surface area contributed by atoms with E-state index in [9.17, 15) is 14.4 Å². The van der Waals surface area contributed by atoms with Gasteiger partial charge in [0.2, 0.25) is 5.91 Å². The highest BCUT2D eigenvalue weighted by molar-refractivity contribution is 6.03. The molecule has 4 amide bonds. The van der Waals surface area contributed by atoms with Crippen molar-refractivity contribution in [1.29, 1.82) is 0 Å². The van der Waals surface area contributed by atoms with Gasteiger partial charge >= 0.3 is 6.03 Å². The lowest BCUT2D eigenvalue weighted by molar-refractivity contribution is -0.137. The first kappa shape index (κ1) is 30.6. The van der Waals surface area contributed by atoms with Gasteiger partial charge in [-0.15, -0.1) is 0 Å². The molecule has 45 heavy (non-hydrogen) atoms. The maximum absolute atomic E-state index is 14.4. The van der Waals surface area contributed by atoms with Crippen LogP contribution in [0.1, 0.15) is 53.6 Å². The Labute approximate surface area is 266 Å². The third kappa shape index (κ3) is 6.52. The highest BCUT2D eigenvalue weighted by Crippen LogP contribution is 2.38. The summed E-state index contributed by atoms with van der Waals surface area (Å²) in [6, 6.07) is 25.0. The molecule has 2 N–H and O–H groups in total. The fourth-order valence-electron chi connectivity index (χ4n) is 7.04. The molecule has 1 fully saturated rings. The van der Waals surface area contributed by atoms with Gasteiger partial charge in [-0.05, 0) is 55.9 Å². The van der Waals surface area contributed by atoms with Gasteiger partial charge in [0, 0.05) is 38.6 Å². The lowest BCUT2D eigenvalue weighted by Gasteiger charge is -2.34. The minimum atomic E-state index is -0.707. The molecule has 2 atom stereocenters. The number of benzene rings is 3. The smallest absolute Gasteiger partial charge is 0.322 e. The van der Waals surface area contributed by atoms with E-state index in [0.29, 0.717) is 24.2 Å². The fraction of sp³-hybridized carbons (Fsp3) is 0.378. The van der Waals surface area contributed by atoms with Gasteiger partial charge in [0.1, 0.15) is 6.04 Å². The Morgan fingerprint density at radius 2 is 1.60 bits per heavy atom. The van der Waals surface area contributed by atoms with Crippen LogP contribution in [0.25, 0.3) is 0 Å². The number of carbonyl (C=O) groups is 3. The van der Waals surface area contributed by atoms with Gasteiger partial charge in [0.05, 0.1) is 23.9 Å². The van der Waals surface area contributed by atoms with E-state index < -0.39 is 12.1 Å². The number of aryl methyl sites for hydroxylation is 2. The van der Waals surface area contributed by atoms with Crippen LogP contribution in [-0.2, 0) is 22.6 Å². The van der Waals surface area contributed by atoms with Crippen LogP contribution < -0.4 is 10.6 Å². The Morgan fingerprint density at radius 3 is 2.24 bits per heavy atom. The molecule has 3 aromatic carbocycles. The largest absolute Gasteiger partial charge is 0.351 e. The van der Waals surface area contributed by atoms with Gasteiger partial charge < -0.3 is 15.5 Å². The lowest BCUT2D eigenvalue weighted by atomic mass is 9.91. The van der Waals surface area contributed by atoms with Crippen LogP contribution in [0.5, 0.6) is 0 Å². The second kappa shape index (κ2) is 13.3. The Hall–Kier alpha value is -4.43. The normalized spacial score (nSPS) is 19.8. The molecule has 3 aliphatic rings. The van der Waals surface area contributed by atoms with Crippen LogP contribution >= 0.6 is 0 Å². The molecule has 0 bridgehead atoms. The van der Waals surface area contributed by atoms with Crippen LogP contribution in [0, 0.1) is 13.8 Å². The van der Waals surface area contributed by atoms with Crippen molar-refractivity contribution in [1.82, 2.24) is 25.3 Å². The van der Waals surface area contributed by atoms with Gasteiger partial charge in [-0.25, -0.2) is 4.79 Å². The van der Waals surface area contributed by atoms with Crippen molar-refractivity contribution in [2.75, 3.05) is 26.2 Å². The minimum Gasteiger partial charge on any atom is -0.351 e. The Morgan fingerprint density at radius 1 is 0.933 bits per heavy atom. The van der Waals surface area contributed by atoms with Crippen LogP contribution in [0.4, 0.5) is 4.79 Å². The summed E-state index contributed by atoms with van der Waals surface area (Å²) in [6.45, 7) is 9.31. The third-order valence-corrected chi connectivity index (χ3v) is 9.44. The molecule has 1 saturated heterocycles. The molecule has 3 heterocycles. The van der Waals surface area contributed by atoms with Gasteiger partial charge in [-0.2, -0.15) is 0 Å². The molecule has 0 saturated carbocycles. The number of carbonyl (C=O) groups excluding carboxylic acids is 3. The highest BCUT2D eigenvalue weighted by atomic mass is 16.2. The predicted octanol–water partition coefficient (Wildman–Crippen LogP) is 4.88. The summed E-state index contributed by atoms with van der Waals surface area (Å²) in [5, 5.41) is 6.42. The second-order valence-electron chi connectivity index (χ2n) is 12.5. The van der Waals surface area contributed by atoms with Gasteiger partial charge in [0.15, 0.2) is 0 Å². The number of nitrogens with zero attached hydrogens (tertiary/aromatic N) is 3. The van der Waals surface area contributed by atoms with Crippen LogP contribution in [0.2, 0.25) is 0 Å². The van der Waals surface area contributed by atoms with E-state index in [1.54, 1.807) is 9.80 Å². The number of rotatable bonds is 9. The van der Waals surface area contributed by atoms with Crippen molar-refractivity contribution in [2.24, 2.45) is 0 Å². The molecular weight excluding hydrogens is 562 g/mol. The summed E-state index contributed by atoms with van der Waals surface area (Å²) < 4.78 is 0. The first-order chi connectivity index (χ1) is 21.8. The molecule has 0 aromatic heterocycles. The number of nitrogens with one attached hydrogen (secondary N) is 2. The molecule has 0 unspecified atom stereocenters. The topological polar surface area (TPSA) is 85.0 Å². The van der Waals surface area contributed by atoms with Crippen LogP contribution in [0.3, 0.4) is 0 Å². The van der Waals surface area contributed by atoms with E-state index in [2.05, 4.69) is 45.9 Å². The fourth-order valence-corrected chi connectivity index (χ4v) is 7.04. The van der Waals surface area contributed by atoms with E-state index in [-0.39, 0.29) is 30.4 Å². The van der Waals surface area contributed by atoms with Crippen molar-refractivity contribution < 1.29 is 14.4 Å². The van der Waals surface area contributed by atoms with Crippen LogP contribution in [0.15, 0.2) is 90.1 Å². The number of likely N-dealkylation sites (N-methyl/N-ethyl adjacent to an activating group) is 1. The SMILES string of the molecule is CCN1C(=O)N[C@@H](c2ccc(C)cc2C)C2=C1CN([C@H](Cc1ccccc1)C(=O)NC1CCN(Cc3ccccc3)CC1)C2=O. The van der Waals surface area contributed by atoms with E-state index in [1.165, 1.54) is 5.56 Å². The zero-order chi connectivity index (χ0) is 31.5. The molecule has 6 rings (SSSR count). The molecule has 0 radical (unpaired) electrons. The van der Waals surface area contributed by atoms with Gasteiger partial charge in [-0.3, -0.25) is 19.4 Å². The maximum atomic E-state index is 14.4. The summed E-state index contributed by atoms with van der Waals surface area (Å²) in [5.41, 5.74) is 6.56.